The fourth-order valence-corrected chi connectivity index (χ4v) is 5.79. The molecule has 1 unspecified atom stereocenters. The quantitative estimate of drug-likeness (QED) is 0.252. The van der Waals surface area contributed by atoms with Gasteiger partial charge in [-0.15, -0.1) is 11.8 Å². The molecule has 2 amide bonds. The molecule has 0 fully saturated rings. The molecule has 0 aliphatic carbocycles. The number of fused-ring (bicyclic) bond motifs is 1. The van der Waals surface area contributed by atoms with E-state index in [1.807, 2.05) is 48.5 Å². The number of rotatable bonds is 7. The Kier molecular flexibility index (Phi) is 8.50. The average molecular weight is 544 g/mol. The normalized spacial score (nSPS) is 15.1. The van der Waals surface area contributed by atoms with Gasteiger partial charge in [0, 0.05) is 44.7 Å². The summed E-state index contributed by atoms with van der Waals surface area (Å²) in [5.41, 5.74) is 2.04. The zero-order valence-corrected chi connectivity index (χ0v) is 22.4. The fourth-order valence-electron chi connectivity index (χ4n) is 3.47. The lowest BCUT2D eigenvalue weighted by atomic mass is 10.1. The second kappa shape index (κ2) is 11.6. The minimum atomic E-state index is -0.153. The van der Waals surface area contributed by atoms with Crippen molar-refractivity contribution in [3.8, 4) is 0 Å². The number of nitrogens with zero attached hydrogens (tertiary/aromatic N) is 1. The van der Waals surface area contributed by atoms with Crippen LogP contribution in [0.3, 0.4) is 0 Å². The van der Waals surface area contributed by atoms with Crippen molar-refractivity contribution < 1.29 is 9.59 Å². The molecule has 1 aliphatic heterocycles. The Morgan fingerprint density at radius 1 is 1.11 bits per heavy atom. The minimum absolute atomic E-state index is 0.132. The molecule has 1 N–H and O–H groups in total. The predicted octanol–water partition coefficient (Wildman–Crippen LogP) is 7.26. The Bertz CT molecular complexity index is 1280. The molecule has 35 heavy (non-hydrogen) atoms. The number of nitrogens with one attached hydrogen (secondary N) is 1. The third-order valence-corrected chi connectivity index (χ3v) is 8.48. The molecule has 180 valence electrons. The lowest BCUT2D eigenvalue weighted by molar-refractivity contribution is -0.114. The van der Waals surface area contributed by atoms with Crippen LogP contribution in [-0.2, 0) is 4.79 Å². The van der Waals surface area contributed by atoms with E-state index < -0.39 is 0 Å². The van der Waals surface area contributed by atoms with Crippen molar-refractivity contribution >= 4 is 70.3 Å². The molecule has 0 radical (unpaired) electrons. The Morgan fingerprint density at radius 3 is 2.60 bits per heavy atom. The first-order chi connectivity index (χ1) is 16.8. The van der Waals surface area contributed by atoms with Crippen LogP contribution in [0, 0.1) is 5.92 Å². The van der Waals surface area contributed by atoms with Gasteiger partial charge in [0.1, 0.15) is 0 Å². The third kappa shape index (κ3) is 6.44. The number of carbonyl (C=O) groups is 2. The van der Waals surface area contributed by atoms with Crippen LogP contribution in [-0.4, -0.2) is 31.2 Å². The van der Waals surface area contributed by atoms with Crippen LogP contribution < -0.4 is 10.2 Å². The molecule has 0 spiro atoms. The SMILES string of the molecule is CC(CNC(=O)c1ccc2c(c1)N(C)C(=O)C(=Cc1ccccc1Cl)S2)CSc1ccc(Cl)cc1. The number of benzene rings is 3. The highest BCUT2D eigenvalue weighted by molar-refractivity contribution is 8.04. The third-order valence-electron chi connectivity index (χ3n) is 5.47. The lowest BCUT2D eigenvalue weighted by Gasteiger charge is -2.27. The van der Waals surface area contributed by atoms with E-state index in [4.69, 9.17) is 23.2 Å². The summed E-state index contributed by atoms with van der Waals surface area (Å²) in [6.45, 7) is 2.66. The summed E-state index contributed by atoms with van der Waals surface area (Å²) in [5.74, 6) is 0.877. The maximum atomic E-state index is 13.0. The lowest BCUT2D eigenvalue weighted by Crippen LogP contribution is -2.32. The van der Waals surface area contributed by atoms with Gasteiger partial charge in [0.2, 0.25) is 0 Å². The highest BCUT2D eigenvalue weighted by atomic mass is 35.5. The maximum Gasteiger partial charge on any atom is 0.264 e. The number of anilines is 1. The summed E-state index contributed by atoms with van der Waals surface area (Å²) >= 11 is 15.3. The van der Waals surface area contributed by atoms with Crippen molar-refractivity contribution in [1.82, 2.24) is 5.32 Å². The van der Waals surface area contributed by atoms with Crippen molar-refractivity contribution in [3.63, 3.8) is 0 Å². The summed E-state index contributed by atoms with van der Waals surface area (Å²) in [4.78, 5) is 30.0. The fraction of sp³-hybridized carbons (Fsp3) is 0.185. The zero-order chi connectivity index (χ0) is 24.9. The molecule has 1 heterocycles. The highest BCUT2D eigenvalue weighted by Gasteiger charge is 2.27. The van der Waals surface area contributed by atoms with E-state index in [-0.39, 0.29) is 17.7 Å². The van der Waals surface area contributed by atoms with E-state index in [0.717, 1.165) is 31.8 Å². The number of amides is 2. The standard InChI is InChI=1S/C27H24Cl2N2O2S2/c1-17(16-34-21-10-8-20(28)9-11-21)15-30-26(32)19-7-12-24-23(13-19)31(2)27(33)25(35-24)14-18-5-3-4-6-22(18)29/h3-14,17H,15-16H2,1-2H3,(H,30,32). The number of likely N-dealkylation sites (N-methyl/N-ethyl adjacent to an activating group) is 1. The Balaban J connectivity index is 1.39. The van der Waals surface area contributed by atoms with Gasteiger partial charge in [-0.1, -0.05) is 60.1 Å². The molecule has 8 heteroatoms. The first kappa shape index (κ1) is 25.7. The molecule has 1 aliphatic rings. The van der Waals surface area contributed by atoms with Crippen molar-refractivity contribution in [1.29, 1.82) is 0 Å². The van der Waals surface area contributed by atoms with Crippen molar-refractivity contribution in [2.24, 2.45) is 5.92 Å². The van der Waals surface area contributed by atoms with Gasteiger partial charge in [0.05, 0.1) is 10.6 Å². The Labute approximate surface area is 224 Å². The van der Waals surface area contributed by atoms with Crippen LogP contribution in [0.25, 0.3) is 6.08 Å². The molecule has 4 nitrogen and oxygen atoms in total. The zero-order valence-electron chi connectivity index (χ0n) is 19.3. The van der Waals surface area contributed by atoms with Gasteiger partial charge in [-0.05, 0) is 66.1 Å². The van der Waals surface area contributed by atoms with Crippen LogP contribution in [0.15, 0.2) is 81.4 Å². The van der Waals surface area contributed by atoms with E-state index in [0.29, 0.717) is 22.0 Å². The minimum Gasteiger partial charge on any atom is -0.352 e. The van der Waals surface area contributed by atoms with E-state index in [1.165, 1.54) is 11.8 Å². The Morgan fingerprint density at radius 2 is 1.86 bits per heavy atom. The van der Waals surface area contributed by atoms with Gasteiger partial charge in [0.25, 0.3) is 11.8 Å². The van der Waals surface area contributed by atoms with Crippen LogP contribution in [0.4, 0.5) is 5.69 Å². The predicted molar refractivity (Wildman–Crippen MR) is 149 cm³/mol. The number of thioether (sulfide) groups is 2. The van der Waals surface area contributed by atoms with Crippen molar-refractivity contribution in [2.75, 3.05) is 24.2 Å². The first-order valence-corrected chi connectivity index (χ1v) is 13.6. The highest BCUT2D eigenvalue weighted by Crippen LogP contribution is 2.42. The van der Waals surface area contributed by atoms with Crippen molar-refractivity contribution in [3.05, 3.63) is 92.8 Å². The molecule has 0 bridgehead atoms. The van der Waals surface area contributed by atoms with Crippen LogP contribution in [0.1, 0.15) is 22.8 Å². The average Bonchev–Trinajstić information content (AvgIpc) is 2.86. The molecule has 4 rings (SSSR count). The molecule has 3 aromatic carbocycles. The molecule has 1 atom stereocenters. The summed E-state index contributed by atoms with van der Waals surface area (Å²) in [5, 5.41) is 4.33. The number of hydrogen-bond acceptors (Lipinski definition) is 4. The molecular weight excluding hydrogens is 519 g/mol. The molecule has 0 aromatic heterocycles. The van der Waals surface area contributed by atoms with Crippen LogP contribution in [0.5, 0.6) is 0 Å². The van der Waals surface area contributed by atoms with Crippen molar-refractivity contribution in [2.45, 2.75) is 16.7 Å². The first-order valence-electron chi connectivity index (χ1n) is 11.0. The molecule has 3 aromatic rings. The number of hydrogen-bond donors (Lipinski definition) is 1. The largest absolute Gasteiger partial charge is 0.352 e. The maximum absolute atomic E-state index is 13.0. The molecular formula is C27H24Cl2N2O2S2. The van der Waals surface area contributed by atoms with Crippen LogP contribution in [0.2, 0.25) is 10.0 Å². The summed E-state index contributed by atoms with van der Waals surface area (Å²) < 4.78 is 0. The number of carbonyl (C=O) groups excluding carboxylic acids is 2. The van der Waals surface area contributed by atoms with E-state index in [1.54, 1.807) is 48.0 Å². The van der Waals surface area contributed by atoms with E-state index in [9.17, 15) is 9.59 Å². The number of halogens is 2. The van der Waals surface area contributed by atoms with Crippen LogP contribution >= 0.6 is 46.7 Å². The van der Waals surface area contributed by atoms with Gasteiger partial charge in [0.15, 0.2) is 0 Å². The smallest absolute Gasteiger partial charge is 0.264 e. The summed E-state index contributed by atoms with van der Waals surface area (Å²) in [6.07, 6.45) is 1.80. The summed E-state index contributed by atoms with van der Waals surface area (Å²) in [7, 11) is 1.72. The Hall–Kier alpha value is -2.38. The van der Waals surface area contributed by atoms with E-state index >= 15 is 0 Å². The van der Waals surface area contributed by atoms with Gasteiger partial charge in [-0.3, -0.25) is 9.59 Å². The molecule has 0 saturated carbocycles. The summed E-state index contributed by atoms with van der Waals surface area (Å²) in [6, 6.07) is 20.6. The topological polar surface area (TPSA) is 49.4 Å². The van der Waals surface area contributed by atoms with Gasteiger partial charge in [-0.25, -0.2) is 0 Å². The monoisotopic (exact) mass is 542 g/mol. The second-order valence-electron chi connectivity index (χ2n) is 8.26. The van der Waals surface area contributed by atoms with Gasteiger partial charge in [-0.2, -0.15) is 0 Å². The van der Waals surface area contributed by atoms with Gasteiger partial charge < -0.3 is 10.2 Å². The second-order valence-corrected chi connectivity index (χ2v) is 11.3. The molecule has 0 saturated heterocycles. The van der Waals surface area contributed by atoms with Gasteiger partial charge >= 0.3 is 0 Å². The van der Waals surface area contributed by atoms with E-state index in [2.05, 4.69) is 12.2 Å².